The summed E-state index contributed by atoms with van der Waals surface area (Å²) in [6, 6.07) is 9.67. The molecule has 0 N–H and O–H groups in total. The molecule has 2 aromatic rings. The Morgan fingerprint density at radius 3 is 2.59 bits per heavy atom. The molecule has 0 radical (unpaired) electrons. The minimum Gasteiger partial charge on any atom is -0.485 e. The molecule has 0 aliphatic carbocycles. The van der Waals surface area contributed by atoms with Gasteiger partial charge in [0, 0.05) is 28.4 Å². The summed E-state index contributed by atoms with van der Waals surface area (Å²) in [5, 5.41) is 0. The van der Waals surface area contributed by atoms with Crippen LogP contribution in [0, 0.1) is 13.8 Å². The van der Waals surface area contributed by atoms with Crippen molar-refractivity contribution in [1.82, 2.24) is 4.57 Å². The molecule has 1 heterocycles. The van der Waals surface area contributed by atoms with Crippen LogP contribution in [0.1, 0.15) is 21.7 Å². The summed E-state index contributed by atoms with van der Waals surface area (Å²) >= 11 is 1.68. The summed E-state index contributed by atoms with van der Waals surface area (Å²) in [5.41, 5.74) is 2.74. The van der Waals surface area contributed by atoms with Crippen molar-refractivity contribution in [3.8, 4) is 5.75 Å². The van der Waals surface area contributed by atoms with Gasteiger partial charge in [-0.25, -0.2) is 0 Å². The standard InChI is InChI=1S/C18H21NO2S/c1-5-10-19-13(2)11-17(14(19)3)18(20)12-21-15-6-8-16(22-4)9-7-15/h5-9,11H,1,10,12H2,2-4H3. The minimum atomic E-state index is -0.00245. The Labute approximate surface area is 136 Å². The number of benzene rings is 1. The molecule has 0 spiro atoms. The van der Waals surface area contributed by atoms with Crippen LogP contribution in [0.4, 0.5) is 0 Å². The Morgan fingerprint density at radius 2 is 2.00 bits per heavy atom. The number of aryl methyl sites for hydroxylation is 1. The fourth-order valence-electron chi connectivity index (χ4n) is 2.39. The van der Waals surface area contributed by atoms with Gasteiger partial charge in [0.2, 0.25) is 5.78 Å². The number of Topliss-reactive ketones (excluding diaryl/α,β-unsaturated/α-hetero) is 1. The molecule has 0 amide bonds. The number of allylic oxidation sites excluding steroid dienone is 1. The van der Waals surface area contributed by atoms with E-state index in [0.717, 1.165) is 17.0 Å². The molecule has 0 unspecified atom stereocenters. The number of nitrogens with zero attached hydrogens (tertiary/aromatic N) is 1. The number of hydrogen-bond acceptors (Lipinski definition) is 3. The van der Waals surface area contributed by atoms with E-state index >= 15 is 0 Å². The molecular weight excluding hydrogens is 294 g/mol. The fraction of sp³-hybridized carbons (Fsp3) is 0.278. The van der Waals surface area contributed by atoms with Crippen molar-refractivity contribution in [1.29, 1.82) is 0 Å². The van der Waals surface area contributed by atoms with Gasteiger partial charge in [-0.15, -0.1) is 18.3 Å². The molecule has 116 valence electrons. The number of carbonyl (C=O) groups excluding carboxylic acids is 1. The van der Waals surface area contributed by atoms with Crippen molar-refractivity contribution in [2.75, 3.05) is 12.9 Å². The number of ketones is 1. The molecule has 3 nitrogen and oxygen atoms in total. The minimum absolute atomic E-state index is 0.00245. The van der Waals surface area contributed by atoms with Gasteiger partial charge in [-0.05, 0) is 50.4 Å². The van der Waals surface area contributed by atoms with Gasteiger partial charge in [0.1, 0.15) is 5.75 Å². The second kappa shape index (κ2) is 7.36. The Hall–Kier alpha value is -1.94. The zero-order chi connectivity index (χ0) is 16.1. The summed E-state index contributed by atoms with van der Waals surface area (Å²) < 4.78 is 7.67. The maximum Gasteiger partial charge on any atom is 0.202 e. The van der Waals surface area contributed by atoms with E-state index in [-0.39, 0.29) is 12.4 Å². The quantitative estimate of drug-likeness (QED) is 0.434. The second-order valence-corrected chi connectivity index (χ2v) is 5.95. The lowest BCUT2D eigenvalue weighted by molar-refractivity contribution is 0.0920. The molecule has 0 bridgehead atoms. The zero-order valence-corrected chi connectivity index (χ0v) is 14.1. The van der Waals surface area contributed by atoms with Crippen LogP contribution in [0.2, 0.25) is 0 Å². The summed E-state index contributed by atoms with van der Waals surface area (Å²) in [5.74, 6) is 0.711. The van der Waals surface area contributed by atoms with Crippen LogP contribution < -0.4 is 4.74 Å². The van der Waals surface area contributed by atoms with E-state index in [1.54, 1.807) is 11.8 Å². The first-order valence-electron chi connectivity index (χ1n) is 7.14. The van der Waals surface area contributed by atoms with Crippen molar-refractivity contribution in [2.24, 2.45) is 0 Å². The van der Waals surface area contributed by atoms with E-state index in [0.29, 0.717) is 12.3 Å². The highest BCUT2D eigenvalue weighted by molar-refractivity contribution is 7.98. The molecule has 0 fully saturated rings. The molecule has 0 saturated heterocycles. The third-order valence-corrected chi connectivity index (χ3v) is 4.36. The molecule has 22 heavy (non-hydrogen) atoms. The van der Waals surface area contributed by atoms with E-state index in [4.69, 9.17) is 4.74 Å². The predicted molar refractivity (Wildman–Crippen MR) is 92.2 cm³/mol. The van der Waals surface area contributed by atoms with Crippen LogP contribution in [0.5, 0.6) is 5.75 Å². The van der Waals surface area contributed by atoms with E-state index in [1.165, 1.54) is 4.90 Å². The van der Waals surface area contributed by atoms with E-state index in [1.807, 2.05) is 56.5 Å². The molecule has 4 heteroatoms. The number of hydrogen-bond donors (Lipinski definition) is 0. The third-order valence-electron chi connectivity index (χ3n) is 3.62. The van der Waals surface area contributed by atoms with E-state index in [2.05, 4.69) is 11.1 Å². The normalized spacial score (nSPS) is 10.5. The van der Waals surface area contributed by atoms with Gasteiger partial charge in [0.25, 0.3) is 0 Å². The van der Waals surface area contributed by atoms with E-state index in [9.17, 15) is 4.79 Å². The first kappa shape index (κ1) is 16.4. The van der Waals surface area contributed by atoms with Gasteiger partial charge in [-0.1, -0.05) is 6.08 Å². The lowest BCUT2D eigenvalue weighted by Gasteiger charge is -2.08. The van der Waals surface area contributed by atoms with Crippen LogP contribution in [0.15, 0.2) is 47.9 Å². The van der Waals surface area contributed by atoms with Gasteiger partial charge >= 0.3 is 0 Å². The summed E-state index contributed by atoms with van der Waals surface area (Å²) in [7, 11) is 0. The summed E-state index contributed by atoms with van der Waals surface area (Å²) in [6.07, 6.45) is 3.86. The van der Waals surface area contributed by atoms with Gasteiger partial charge in [0.05, 0.1) is 0 Å². The van der Waals surface area contributed by atoms with Crippen molar-refractivity contribution >= 4 is 17.5 Å². The molecule has 1 aromatic heterocycles. The van der Waals surface area contributed by atoms with Gasteiger partial charge in [0.15, 0.2) is 6.61 Å². The van der Waals surface area contributed by atoms with Gasteiger partial charge in [-0.3, -0.25) is 4.79 Å². The monoisotopic (exact) mass is 315 g/mol. The van der Waals surface area contributed by atoms with Crippen molar-refractivity contribution in [3.05, 3.63) is 59.9 Å². The lowest BCUT2D eigenvalue weighted by atomic mass is 10.1. The van der Waals surface area contributed by atoms with Crippen LogP contribution >= 0.6 is 11.8 Å². The SMILES string of the molecule is C=CCn1c(C)cc(C(=O)COc2ccc(SC)cc2)c1C. The maximum atomic E-state index is 12.4. The van der Waals surface area contributed by atoms with E-state index < -0.39 is 0 Å². The van der Waals surface area contributed by atoms with Crippen LogP contribution in [0.25, 0.3) is 0 Å². The number of ether oxygens (including phenoxy) is 1. The van der Waals surface area contributed by atoms with Crippen molar-refractivity contribution in [2.45, 2.75) is 25.3 Å². The molecule has 0 saturated carbocycles. The molecule has 0 aliphatic heterocycles. The largest absolute Gasteiger partial charge is 0.485 e. The molecule has 2 rings (SSSR count). The molecule has 0 aliphatic rings. The first-order chi connectivity index (χ1) is 10.6. The van der Waals surface area contributed by atoms with Crippen LogP contribution in [-0.4, -0.2) is 23.2 Å². The van der Waals surface area contributed by atoms with Gasteiger partial charge in [-0.2, -0.15) is 0 Å². The number of rotatable bonds is 7. The van der Waals surface area contributed by atoms with Crippen molar-refractivity contribution < 1.29 is 9.53 Å². The topological polar surface area (TPSA) is 31.2 Å². The Balaban J connectivity index is 2.05. The number of thioether (sulfide) groups is 1. The number of aromatic nitrogens is 1. The Bertz CT molecular complexity index is 671. The lowest BCUT2D eigenvalue weighted by Crippen LogP contribution is -2.12. The summed E-state index contributed by atoms with van der Waals surface area (Å²) in [4.78, 5) is 13.5. The van der Waals surface area contributed by atoms with Crippen LogP contribution in [0.3, 0.4) is 0 Å². The van der Waals surface area contributed by atoms with Gasteiger partial charge < -0.3 is 9.30 Å². The van der Waals surface area contributed by atoms with Crippen LogP contribution in [-0.2, 0) is 6.54 Å². The average molecular weight is 315 g/mol. The first-order valence-corrected chi connectivity index (χ1v) is 8.37. The summed E-state index contributed by atoms with van der Waals surface area (Å²) in [6.45, 7) is 8.46. The molecular formula is C18H21NO2S. The van der Waals surface area contributed by atoms with Crippen molar-refractivity contribution in [3.63, 3.8) is 0 Å². The number of carbonyl (C=O) groups is 1. The smallest absolute Gasteiger partial charge is 0.202 e. The third kappa shape index (κ3) is 3.63. The zero-order valence-electron chi connectivity index (χ0n) is 13.3. The highest BCUT2D eigenvalue weighted by Gasteiger charge is 2.15. The maximum absolute atomic E-state index is 12.4. The second-order valence-electron chi connectivity index (χ2n) is 5.07. The fourth-order valence-corrected chi connectivity index (χ4v) is 2.80. The average Bonchev–Trinajstić information content (AvgIpc) is 2.81. The molecule has 1 aromatic carbocycles. The predicted octanol–water partition coefficient (Wildman–Crippen LogP) is 4.27. The highest BCUT2D eigenvalue weighted by Crippen LogP contribution is 2.20. The molecule has 0 atom stereocenters. The Kier molecular flexibility index (Phi) is 5.50. The highest BCUT2D eigenvalue weighted by atomic mass is 32.2. The Morgan fingerprint density at radius 1 is 1.32 bits per heavy atom.